The summed E-state index contributed by atoms with van der Waals surface area (Å²) in [5.41, 5.74) is 0.863. The molecular weight excluding hydrogens is 248 g/mol. The topological polar surface area (TPSA) is 83.7 Å². The molecule has 104 valence electrons. The zero-order valence-corrected chi connectivity index (χ0v) is 11.1. The molecule has 1 amide bonds. The molecular formula is C13H18N2O4. The highest BCUT2D eigenvalue weighted by atomic mass is 16.6. The number of aryl methyl sites for hydroxylation is 1. The van der Waals surface area contributed by atoms with Gasteiger partial charge < -0.3 is 10.0 Å². The summed E-state index contributed by atoms with van der Waals surface area (Å²) in [6.07, 6.45) is 0.789. The first-order valence-corrected chi connectivity index (χ1v) is 6.16. The summed E-state index contributed by atoms with van der Waals surface area (Å²) < 4.78 is 0. The molecule has 6 heteroatoms. The Bertz CT molecular complexity index is 468. The van der Waals surface area contributed by atoms with E-state index >= 15 is 0 Å². The SMILES string of the molecule is CCCN(CCO)C(=O)c1ccc([N+](=O)[O-])c(C)c1. The first-order chi connectivity index (χ1) is 9.01. The zero-order chi connectivity index (χ0) is 14.4. The van der Waals surface area contributed by atoms with Crippen LogP contribution < -0.4 is 0 Å². The van der Waals surface area contributed by atoms with Gasteiger partial charge in [0.2, 0.25) is 0 Å². The number of nitro benzene ring substituents is 1. The third-order valence-electron chi connectivity index (χ3n) is 2.79. The molecule has 1 N–H and O–H groups in total. The number of aliphatic hydroxyl groups excluding tert-OH is 1. The van der Waals surface area contributed by atoms with Crippen molar-refractivity contribution in [3.63, 3.8) is 0 Å². The van der Waals surface area contributed by atoms with Gasteiger partial charge in [-0.1, -0.05) is 6.92 Å². The molecule has 0 heterocycles. The molecule has 0 saturated heterocycles. The molecule has 0 aliphatic rings. The summed E-state index contributed by atoms with van der Waals surface area (Å²) in [5, 5.41) is 19.7. The van der Waals surface area contributed by atoms with Gasteiger partial charge in [-0.15, -0.1) is 0 Å². The van der Waals surface area contributed by atoms with E-state index in [-0.39, 0.29) is 24.7 Å². The van der Waals surface area contributed by atoms with Crippen molar-refractivity contribution < 1.29 is 14.8 Å². The summed E-state index contributed by atoms with van der Waals surface area (Å²) in [6, 6.07) is 4.31. The van der Waals surface area contributed by atoms with E-state index in [4.69, 9.17) is 5.11 Å². The van der Waals surface area contributed by atoms with Crippen LogP contribution in [-0.2, 0) is 0 Å². The van der Waals surface area contributed by atoms with Crippen molar-refractivity contribution in [1.82, 2.24) is 4.90 Å². The molecule has 1 aromatic carbocycles. The molecule has 0 aliphatic heterocycles. The van der Waals surface area contributed by atoms with Crippen molar-refractivity contribution in [3.05, 3.63) is 39.4 Å². The van der Waals surface area contributed by atoms with Crippen LogP contribution in [0.3, 0.4) is 0 Å². The standard InChI is InChI=1S/C13H18N2O4/c1-3-6-14(7-8-16)13(17)11-4-5-12(15(18)19)10(2)9-11/h4-5,9,16H,3,6-8H2,1-2H3. The van der Waals surface area contributed by atoms with Crippen LogP contribution in [0.1, 0.15) is 29.3 Å². The first kappa shape index (κ1) is 15.1. The molecule has 0 spiro atoms. The maximum Gasteiger partial charge on any atom is 0.272 e. The fourth-order valence-electron chi connectivity index (χ4n) is 1.88. The number of rotatable bonds is 6. The van der Waals surface area contributed by atoms with Crippen LogP contribution in [0.15, 0.2) is 18.2 Å². The molecule has 19 heavy (non-hydrogen) atoms. The Kier molecular flexibility index (Phi) is 5.44. The van der Waals surface area contributed by atoms with E-state index in [0.29, 0.717) is 17.7 Å². The quantitative estimate of drug-likeness (QED) is 0.628. The Labute approximate surface area is 111 Å². The fraction of sp³-hybridized carbons (Fsp3) is 0.462. The summed E-state index contributed by atoms with van der Waals surface area (Å²) in [7, 11) is 0. The van der Waals surface area contributed by atoms with E-state index in [1.54, 1.807) is 11.8 Å². The Balaban J connectivity index is 2.98. The predicted octanol–water partition coefficient (Wildman–Crippen LogP) is 1.75. The summed E-state index contributed by atoms with van der Waals surface area (Å²) >= 11 is 0. The van der Waals surface area contributed by atoms with Crippen LogP contribution in [0.25, 0.3) is 0 Å². The van der Waals surface area contributed by atoms with Crippen LogP contribution in [0.4, 0.5) is 5.69 Å². The number of hydrogen-bond donors (Lipinski definition) is 1. The van der Waals surface area contributed by atoms with Gasteiger partial charge in [0.25, 0.3) is 11.6 Å². The van der Waals surface area contributed by atoms with E-state index in [0.717, 1.165) is 6.42 Å². The van der Waals surface area contributed by atoms with Gasteiger partial charge in [0.15, 0.2) is 0 Å². The van der Waals surface area contributed by atoms with E-state index in [9.17, 15) is 14.9 Å². The fourth-order valence-corrected chi connectivity index (χ4v) is 1.88. The highest BCUT2D eigenvalue weighted by molar-refractivity contribution is 5.94. The number of carbonyl (C=O) groups excluding carboxylic acids is 1. The maximum atomic E-state index is 12.2. The predicted molar refractivity (Wildman–Crippen MR) is 71.1 cm³/mol. The van der Waals surface area contributed by atoms with E-state index < -0.39 is 4.92 Å². The van der Waals surface area contributed by atoms with Gasteiger partial charge in [-0.25, -0.2) is 0 Å². The van der Waals surface area contributed by atoms with Crippen molar-refractivity contribution >= 4 is 11.6 Å². The van der Waals surface area contributed by atoms with E-state index in [1.165, 1.54) is 18.2 Å². The third-order valence-corrected chi connectivity index (χ3v) is 2.79. The van der Waals surface area contributed by atoms with Gasteiger partial charge >= 0.3 is 0 Å². The largest absolute Gasteiger partial charge is 0.395 e. The second kappa shape index (κ2) is 6.84. The molecule has 0 fully saturated rings. The van der Waals surface area contributed by atoms with Gasteiger partial charge in [-0.05, 0) is 25.5 Å². The van der Waals surface area contributed by atoms with E-state index in [2.05, 4.69) is 0 Å². The average molecular weight is 266 g/mol. The summed E-state index contributed by atoms with van der Waals surface area (Å²) in [6.45, 7) is 4.26. The minimum Gasteiger partial charge on any atom is -0.395 e. The average Bonchev–Trinajstić information content (AvgIpc) is 2.37. The highest BCUT2D eigenvalue weighted by Gasteiger charge is 2.17. The lowest BCUT2D eigenvalue weighted by Crippen LogP contribution is -2.34. The first-order valence-electron chi connectivity index (χ1n) is 6.16. The van der Waals surface area contributed by atoms with Crippen molar-refractivity contribution in [3.8, 4) is 0 Å². The van der Waals surface area contributed by atoms with Gasteiger partial charge in [-0.2, -0.15) is 0 Å². The number of nitro groups is 1. The number of carbonyl (C=O) groups is 1. The number of nitrogens with zero attached hydrogens (tertiary/aromatic N) is 2. The number of benzene rings is 1. The lowest BCUT2D eigenvalue weighted by molar-refractivity contribution is -0.385. The molecule has 1 aromatic rings. The lowest BCUT2D eigenvalue weighted by Gasteiger charge is -2.21. The molecule has 0 radical (unpaired) electrons. The number of aliphatic hydroxyl groups is 1. The minimum atomic E-state index is -0.471. The second-order valence-electron chi connectivity index (χ2n) is 4.27. The van der Waals surface area contributed by atoms with Gasteiger partial charge in [0.05, 0.1) is 11.5 Å². The molecule has 1 rings (SSSR count). The van der Waals surface area contributed by atoms with E-state index in [1.807, 2.05) is 6.92 Å². The molecule has 6 nitrogen and oxygen atoms in total. The van der Waals surface area contributed by atoms with Crippen molar-refractivity contribution in [2.24, 2.45) is 0 Å². The third kappa shape index (κ3) is 3.75. The van der Waals surface area contributed by atoms with Crippen LogP contribution in [-0.4, -0.2) is 40.5 Å². The molecule has 0 aliphatic carbocycles. The van der Waals surface area contributed by atoms with Crippen LogP contribution in [0.2, 0.25) is 0 Å². The van der Waals surface area contributed by atoms with Gasteiger partial charge in [0, 0.05) is 30.3 Å². The van der Waals surface area contributed by atoms with Crippen molar-refractivity contribution in [2.75, 3.05) is 19.7 Å². The molecule has 0 saturated carbocycles. The van der Waals surface area contributed by atoms with Crippen molar-refractivity contribution in [2.45, 2.75) is 20.3 Å². The Morgan fingerprint density at radius 2 is 2.11 bits per heavy atom. The Morgan fingerprint density at radius 3 is 2.58 bits per heavy atom. The van der Waals surface area contributed by atoms with Crippen molar-refractivity contribution in [1.29, 1.82) is 0 Å². The lowest BCUT2D eigenvalue weighted by atomic mass is 10.1. The maximum absolute atomic E-state index is 12.2. The molecule has 0 aromatic heterocycles. The Hall–Kier alpha value is -1.95. The summed E-state index contributed by atoms with van der Waals surface area (Å²) in [4.78, 5) is 24.0. The number of amides is 1. The van der Waals surface area contributed by atoms with Gasteiger partial charge in [0.1, 0.15) is 0 Å². The monoisotopic (exact) mass is 266 g/mol. The molecule has 0 atom stereocenters. The van der Waals surface area contributed by atoms with Gasteiger partial charge in [-0.3, -0.25) is 14.9 Å². The van der Waals surface area contributed by atoms with Crippen LogP contribution >= 0.6 is 0 Å². The number of hydrogen-bond acceptors (Lipinski definition) is 4. The highest BCUT2D eigenvalue weighted by Crippen LogP contribution is 2.19. The smallest absolute Gasteiger partial charge is 0.272 e. The normalized spacial score (nSPS) is 10.3. The molecule has 0 bridgehead atoms. The van der Waals surface area contributed by atoms with Crippen LogP contribution in [0, 0.1) is 17.0 Å². The Morgan fingerprint density at radius 1 is 1.42 bits per heavy atom. The van der Waals surface area contributed by atoms with Crippen LogP contribution in [0.5, 0.6) is 0 Å². The summed E-state index contributed by atoms with van der Waals surface area (Å²) in [5.74, 6) is -0.214. The minimum absolute atomic E-state index is 0.000694. The second-order valence-corrected chi connectivity index (χ2v) is 4.27. The molecule has 0 unspecified atom stereocenters. The zero-order valence-electron chi connectivity index (χ0n) is 11.1.